The molecule has 0 amide bonds. The maximum atomic E-state index is 3.16. The normalized spacial score (nSPS) is 14.2. The summed E-state index contributed by atoms with van der Waals surface area (Å²) >= 11 is 0. The molecule has 0 spiro atoms. The lowest BCUT2D eigenvalue weighted by Gasteiger charge is -2.03. The third-order valence-electron chi connectivity index (χ3n) is 2.44. The second-order valence-electron chi connectivity index (χ2n) is 3.60. The van der Waals surface area contributed by atoms with Gasteiger partial charge >= 0.3 is 0 Å². The summed E-state index contributed by atoms with van der Waals surface area (Å²) in [4.78, 5) is 0. The van der Waals surface area contributed by atoms with E-state index < -0.39 is 0 Å². The zero-order valence-corrected chi connectivity index (χ0v) is 9.51. The summed E-state index contributed by atoms with van der Waals surface area (Å²) in [5.41, 5.74) is 2.71. The third kappa shape index (κ3) is 3.41. The minimum absolute atomic E-state index is 0.983. The van der Waals surface area contributed by atoms with Gasteiger partial charge in [0.25, 0.3) is 0 Å². The minimum atomic E-state index is 0.983. The summed E-state index contributed by atoms with van der Waals surface area (Å²) in [5, 5.41) is 3.16. The Balaban J connectivity index is 0.000000461. The van der Waals surface area contributed by atoms with Gasteiger partial charge in [0.2, 0.25) is 0 Å². The van der Waals surface area contributed by atoms with Gasteiger partial charge in [-0.2, -0.15) is 0 Å². The lowest BCUT2D eigenvalue weighted by molar-refractivity contribution is 0.833. The van der Waals surface area contributed by atoms with E-state index in [1.807, 2.05) is 20.9 Å². The highest BCUT2D eigenvalue weighted by molar-refractivity contribution is 5.45. The lowest BCUT2D eigenvalue weighted by atomic mass is 10.1. The number of rotatable bonds is 3. The second kappa shape index (κ2) is 5.69. The molecular formula is C13H21N. The van der Waals surface area contributed by atoms with Crippen molar-refractivity contribution in [1.82, 2.24) is 0 Å². The fraction of sp³-hybridized carbons (Fsp3) is 0.538. The molecule has 0 radical (unpaired) electrons. The molecule has 1 aliphatic carbocycles. The van der Waals surface area contributed by atoms with Crippen LogP contribution in [0.2, 0.25) is 0 Å². The molecule has 1 aromatic carbocycles. The minimum Gasteiger partial charge on any atom is -0.388 e. The summed E-state index contributed by atoms with van der Waals surface area (Å²) < 4.78 is 0. The summed E-state index contributed by atoms with van der Waals surface area (Å²) in [5.74, 6) is 0.983. The number of hydrogen-bond donors (Lipinski definition) is 1. The van der Waals surface area contributed by atoms with Crippen LogP contribution in [0.3, 0.4) is 0 Å². The van der Waals surface area contributed by atoms with E-state index in [9.17, 15) is 0 Å². The topological polar surface area (TPSA) is 12.0 Å². The summed E-state index contributed by atoms with van der Waals surface area (Å²) in [6.45, 7) is 4.00. The molecule has 1 saturated carbocycles. The van der Waals surface area contributed by atoms with Crippen LogP contribution in [-0.2, 0) is 6.42 Å². The van der Waals surface area contributed by atoms with Crippen LogP contribution in [0.15, 0.2) is 24.3 Å². The van der Waals surface area contributed by atoms with Gasteiger partial charge < -0.3 is 5.32 Å². The van der Waals surface area contributed by atoms with Crippen molar-refractivity contribution < 1.29 is 0 Å². The van der Waals surface area contributed by atoms with Crippen molar-refractivity contribution in [2.24, 2.45) is 5.92 Å². The van der Waals surface area contributed by atoms with Crippen LogP contribution in [0, 0.1) is 5.92 Å². The first-order chi connectivity index (χ1) is 6.88. The maximum Gasteiger partial charge on any atom is 0.0340 e. The Morgan fingerprint density at radius 2 is 2.00 bits per heavy atom. The van der Waals surface area contributed by atoms with Crippen LogP contribution in [0.1, 0.15) is 32.3 Å². The number of hydrogen-bond acceptors (Lipinski definition) is 1. The molecule has 1 aliphatic rings. The average molecular weight is 191 g/mol. The van der Waals surface area contributed by atoms with E-state index in [0.717, 1.165) is 5.92 Å². The Bertz CT molecular complexity index is 264. The first-order valence-electron chi connectivity index (χ1n) is 5.65. The molecular weight excluding hydrogens is 170 g/mol. The van der Waals surface area contributed by atoms with E-state index in [4.69, 9.17) is 0 Å². The second-order valence-corrected chi connectivity index (χ2v) is 3.60. The monoisotopic (exact) mass is 191 g/mol. The van der Waals surface area contributed by atoms with E-state index in [2.05, 4.69) is 29.6 Å². The fourth-order valence-corrected chi connectivity index (χ4v) is 1.51. The smallest absolute Gasteiger partial charge is 0.0340 e. The first-order valence-corrected chi connectivity index (χ1v) is 5.65. The molecule has 0 heterocycles. The Labute approximate surface area is 87.5 Å². The van der Waals surface area contributed by atoms with Crippen LogP contribution in [0.25, 0.3) is 0 Å². The molecule has 0 aromatic heterocycles. The van der Waals surface area contributed by atoms with E-state index in [1.165, 1.54) is 30.5 Å². The van der Waals surface area contributed by atoms with Crippen molar-refractivity contribution in [2.75, 3.05) is 12.4 Å². The maximum absolute atomic E-state index is 3.16. The molecule has 1 N–H and O–H groups in total. The zero-order valence-electron chi connectivity index (χ0n) is 9.51. The highest BCUT2D eigenvalue weighted by Crippen LogP contribution is 2.32. The van der Waals surface area contributed by atoms with E-state index in [-0.39, 0.29) is 0 Å². The Morgan fingerprint density at radius 3 is 2.57 bits per heavy atom. The number of anilines is 1. The van der Waals surface area contributed by atoms with Crippen LogP contribution >= 0.6 is 0 Å². The van der Waals surface area contributed by atoms with Crippen LogP contribution in [0.4, 0.5) is 5.69 Å². The zero-order chi connectivity index (χ0) is 10.4. The van der Waals surface area contributed by atoms with Crippen LogP contribution in [-0.4, -0.2) is 7.05 Å². The largest absolute Gasteiger partial charge is 0.388 e. The van der Waals surface area contributed by atoms with Crippen molar-refractivity contribution >= 4 is 5.69 Å². The van der Waals surface area contributed by atoms with Gasteiger partial charge in [0, 0.05) is 12.7 Å². The van der Waals surface area contributed by atoms with E-state index >= 15 is 0 Å². The SMILES string of the molecule is CC.CNc1cccc(CC2CC2)c1. The van der Waals surface area contributed by atoms with Gasteiger partial charge in [0.15, 0.2) is 0 Å². The summed E-state index contributed by atoms with van der Waals surface area (Å²) in [6.07, 6.45) is 4.14. The van der Waals surface area contributed by atoms with Crippen LogP contribution in [0.5, 0.6) is 0 Å². The van der Waals surface area contributed by atoms with Crippen molar-refractivity contribution in [2.45, 2.75) is 33.1 Å². The summed E-state index contributed by atoms with van der Waals surface area (Å²) in [7, 11) is 1.97. The Morgan fingerprint density at radius 1 is 1.29 bits per heavy atom. The van der Waals surface area contributed by atoms with E-state index in [1.54, 1.807) is 0 Å². The van der Waals surface area contributed by atoms with Gasteiger partial charge in [-0.25, -0.2) is 0 Å². The van der Waals surface area contributed by atoms with E-state index in [0.29, 0.717) is 0 Å². The van der Waals surface area contributed by atoms with Gasteiger partial charge in [-0.05, 0) is 42.9 Å². The predicted molar refractivity (Wildman–Crippen MR) is 63.8 cm³/mol. The van der Waals surface area contributed by atoms with Crippen molar-refractivity contribution in [3.05, 3.63) is 29.8 Å². The third-order valence-corrected chi connectivity index (χ3v) is 2.44. The molecule has 1 nitrogen and oxygen atoms in total. The molecule has 1 heteroatoms. The number of benzene rings is 1. The molecule has 0 unspecified atom stereocenters. The Hall–Kier alpha value is -0.980. The van der Waals surface area contributed by atoms with Gasteiger partial charge in [-0.1, -0.05) is 26.0 Å². The highest BCUT2D eigenvalue weighted by Gasteiger charge is 2.21. The van der Waals surface area contributed by atoms with Crippen LogP contribution < -0.4 is 5.32 Å². The predicted octanol–water partition coefficient (Wildman–Crippen LogP) is 3.71. The van der Waals surface area contributed by atoms with Gasteiger partial charge in [-0.3, -0.25) is 0 Å². The average Bonchev–Trinajstić information content (AvgIpc) is 3.05. The molecule has 78 valence electrons. The lowest BCUT2D eigenvalue weighted by Crippen LogP contribution is -1.91. The highest BCUT2D eigenvalue weighted by atomic mass is 14.8. The molecule has 0 saturated heterocycles. The van der Waals surface area contributed by atoms with Crippen molar-refractivity contribution in [1.29, 1.82) is 0 Å². The van der Waals surface area contributed by atoms with Crippen molar-refractivity contribution in [3.63, 3.8) is 0 Å². The van der Waals surface area contributed by atoms with Crippen molar-refractivity contribution in [3.8, 4) is 0 Å². The fourth-order valence-electron chi connectivity index (χ4n) is 1.51. The Kier molecular flexibility index (Phi) is 4.51. The van der Waals surface area contributed by atoms with Gasteiger partial charge in [0.05, 0.1) is 0 Å². The molecule has 2 rings (SSSR count). The van der Waals surface area contributed by atoms with Gasteiger partial charge in [0.1, 0.15) is 0 Å². The quantitative estimate of drug-likeness (QED) is 0.768. The van der Waals surface area contributed by atoms with Gasteiger partial charge in [-0.15, -0.1) is 0 Å². The molecule has 1 aromatic rings. The molecule has 1 fully saturated rings. The molecule has 0 bridgehead atoms. The molecule has 14 heavy (non-hydrogen) atoms. The molecule has 0 atom stereocenters. The number of nitrogens with one attached hydrogen (secondary N) is 1. The summed E-state index contributed by atoms with van der Waals surface area (Å²) in [6, 6.07) is 8.71. The standard InChI is InChI=1S/C11H15N.C2H6/c1-12-11-4-2-3-10(8-11)7-9-5-6-9;1-2/h2-4,8-9,12H,5-7H2,1H3;1-2H3. The first kappa shape index (κ1) is 11.1. The molecule has 0 aliphatic heterocycles.